The van der Waals surface area contributed by atoms with E-state index in [1.165, 1.54) is 0 Å². The van der Waals surface area contributed by atoms with Crippen LogP contribution in [0, 0.1) is 6.92 Å². The Morgan fingerprint density at radius 2 is 1.86 bits per heavy atom. The van der Waals surface area contributed by atoms with E-state index in [1.54, 1.807) is 0 Å². The zero-order valence-corrected chi connectivity index (χ0v) is 12.3. The van der Waals surface area contributed by atoms with Crippen molar-refractivity contribution in [3.05, 3.63) is 29.8 Å². The Bertz CT molecular complexity index is 493. The molecule has 1 heterocycles. The number of benzene rings is 1. The maximum absolute atomic E-state index is 11.9. The van der Waals surface area contributed by atoms with Gasteiger partial charge in [-0.1, -0.05) is 17.7 Å². The lowest BCUT2D eigenvalue weighted by atomic mass is 10.1. The number of rotatable bonds is 4. The highest BCUT2D eigenvalue weighted by Crippen LogP contribution is 2.11. The van der Waals surface area contributed by atoms with Crippen molar-refractivity contribution in [3.63, 3.8) is 0 Å². The lowest BCUT2D eigenvalue weighted by Gasteiger charge is -2.31. The first kappa shape index (κ1) is 15.3. The topological polar surface area (TPSA) is 87.5 Å². The summed E-state index contributed by atoms with van der Waals surface area (Å²) < 4.78 is 0. The van der Waals surface area contributed by atoms with E-state index in [9.17, 15) is 9.59 Å². The molecular weight excluding hydrogens is 268 g/mol. The van der Waals surface area contributed by atoms with E-state index in [0.717, 1.165) is 37.2 Å². The number of urea groups is 1. The average Bonchev–Trinajstić information content (AvgIpc) is 2.43. The fourth-order valence-corrected chi connectivity index (χ4v) is 2.45. The van der Waals surface area contributed by atoms with Crippen LogP contribution in [-0.2, 0) is 4.79 Å². The summed E-state index contributed by atoms with van der Waals surface area (Å²) in [5.41, 5.74) is 7.11. The summed E-state index contributed by atoms with van der Waals surface area (Å²) in [6, 6.07) is 7.62. The van der Waals surface area contributed by atoms with Crippen molar-refractivity contribution in [2.24, 2.45) is 5.73 Å². The van der Waals surface area contributed by atoms with Crippen molar-refractivity contribution in [3.8, 4) is 0 Å². The number of anilines is 1. The minimum Gasteiger partial charge on any atom is -0.369 e. The lowest BCUT2D eigenvalue weighted by molar-refractivity contribution is -0.119. The maximum atomic E-state index is 11.9. The molecule has 0 atom stereocenters. The molecule has 1 aliphatic rings. The number of carbonyl (C=O) groups is 2. The Hall–Kier alpha value is -2.08. The monoisotopic (exact) mass is 290 g/mol. The fourth-order valence-electron chi connectivity index (χ4n) is 2.45. The molecule has 0 unspecified atom stereocenters. The first-order chi connectivity index (χ1) is 10.0. The number of piperidine rings is 1. The van der Waals surface area contributed by atoms with Crippen LogP contribution in [0.4, 0.5) is 10.5 Å². The molecule has 1 aromatic rings. The molecule has 0 aliphatic carbocycles. The van der Waals surface area contributed by atoms with E-state index in [1.807, 2.05) is 36.1 Å². The Morgan fingerprint density at radius 3 is 2.43 bits per heavy atom. The number of nitrogens with zero attached hydrogens (tertiary/aromatic N) is 1. The SMILES string of the molecule is Cc1ccc(NC(=O)NC2CCN(CC(N)=O)CC2)cc1. The smallest absolute Gasteiger partial charge is 0.319 e. The van der Waals surface area contributed by atoms with Gasteiger partial charge in [0.05, 0.1) is 6.54 Å². The number of likely N-dealkylation sites (tertiary alicyclic amines) is 1. The van der Waals surface area contributed by atoms with Crippen molar-refractivity contribution in [2.75, 3.05) is 25.0 Å². The van der Waals surface area contributed by atoms with Crippen LogP contribution < -0.4 is 16.4 Å². The zero-order valence-electron chi connectivity index (χ0n) is 12.3. The Balaban J connectivity index is 1.74. The number of aryl methyl sites for hydroxylation is 1. The summed E-state index contributed by atoms with van der Waals surface area (Å²) >= 11 is 0. The summed E-state index contributed by atoms with van der Waals surface area (Å²) in [5, 5.41) is 5.79. The Morgan fingerprint density at radius 1 is 1.24 bits per heavy atom. The molecular formula is C15H22N4O2. The quantitative estimate of drug-likeness (QED) is 0.775. The van der Waals surface area contributed by atoms with Gasteiger partial charge in [-0.2, -0.15) is 0 Å². The number of nitrogens with two attached hydrogens (primary N) is 1. The van der Waals surface area contributed by atoms with Crippen LogP contribution in [0.15, 0.2) is 24.3 Å². The van der Waals surface area contributed by atoms with Crippen molar-refractivity contribution < 1.29 is 9.59 Å². The van der Waals surface area contributed by atoms with Gasteiger partial charge in [0.2, 0.25) is 5.91 Å². The molecule has 1 aliphatic heterocycles. The van der Waals surface area contributed by atoms with Gasteiger partial charge in [-0.3, -0.25) is 9.69 Å². The van der Waals surface area contributed by atoms with Crippen LogP contribution in [0.1, 0.15) is 18.4 Å². The summed E-state index contributed by atoms with van der Waals surface area (Å²) in [6.07, 6.45) is 1.66. The second kappa shape index (κ2) is 7.08. The van der Waals surface area contributed by atoms with Gasteiger partial charge in [-0.05, 0) is 31.9 Å². The van der Waals surface area contributed by atoms with E-state index in [0.29, 0.717) is 6.54 Å². The molecule has 0 radical (unpaired) electrons. The van der Waals surface area contributed by atoms with Crippen molar-refractivity contribution in [1.29, 1.82) is 0 Å². The van der Waals surface area contributed by atoms with Crippen LogP contribution in [0.5, 0.6) is 0 Å². The van der Waals surface area contributed by atoms with Crippen LogP contribution >= 0.6 is 0 Å². The number of nitrogens with one attached hydrogen (secondary N) is 2. The highest BCUT2D eigenvalue weighted by atomic mass is 16.2. The average molecular weight is 290 g/mol. The first-order valence-corrected chi connectivity index (χ1v) is 7.18. The number of hydrogen-bond acceptors (Lipinski definition) is 3. The van der Waals surface area contributed by atoms with Crippen LogP contribution in [-0.4, -0.2) is 42.5 Å². The minimum absolute atomic E-state index is 0.138. The zero-order chi connectivity index (χ0) is 15.2. The molecule has 0 saturated carbocycles. The normalized spacial score (nSPS) is 16.4. The molecule has 114 valence electrons. The van der Waals surface area contributed by atoms with Gasteiger partial charge in [0.1, 0.15) is 0 Å². The highest BCUT2D eigenvalue weighted by molar-refractivity contribution is 5.89. The Kier molecular flexibility index (Phi) is 5.16. The summed E-state index contributed by atoms with van der Waals surface area (Å²) in [7, 11) is 0. The third kappa shape index (κ3) is 5.07. The van der Waals surface area contributed by atoms with Gasteiger partial charge in [0, 0.05) is 24.8 Å². The van der Waals surface area contributed by atoms with Crippen LogP contribution in [0.2, 0.25) is 0 Å². The fraction of sp³-hybridized carbons (Fsp3) is 0.467. The summed E-state index contributed by atoms with van der Waals surface area (Å²) in [6.45, 7) is 3.85. The molecule has 21 heavy (non-hydrogen) atoms. The molecule has 1 aromatic carbocycles. The van der Waals surface area contributed by atoms with Gasteiger partial charge >= 0.3 is 6.03 Å². The standard InChI is InChI=1S/C15H22N4O2/c1-11-2-4-12(5-3-11)17-15(21)18-13-6-8-19(9-7-13)10-14(16)20/h2-5,13H,6-10H2,1H3,(H2,16,20)(H2,17,18,21). The van der Waals surface area contributed by atoms with E-state index >= 15 is 0 Å². The summed E-state index contributed by atoms with van der Waals surface area (Å²) in [4.78, 5) is 24.8. The molecule has 0 aromatic heterocycles. The number of primary amides is 1. The molecule has 1 fully saturated rings. The van der Waals surface area contributed by atoms with Crippen LogP contribution in [0.25, 0.3) is 0 Å². The van der Waals surface area contributed by atoms with Gasteiger partial charge < -0.3 is 16.4 Å². The molecule has 0 spiro atoms. The number of carbonyl (C=O) groups excluding carboxylic acids is 2. The molecule has 2 rings (SSSR count). The van der Waals surface area contributed by atoms with Gasteiger partial charge in [0.15, 0.2) is 0 Å². The number of amides is 3. The molecule has 4 N–H and O–H groups in total. The second-order valence-corrected chi connectivity index (χ2v) is 5.48. The lowest BCUT2D eigenvalue weighted by Crippen LogP contribution is -2.47. The van der Waals surface area contributed by atoms with E-state index in [-0.39, 0.29) is 18.0 Å². The third-order valence-electron chi connectivity index (χ3n) is 3.61. The predicted molar refractivity (Wildman–Crippen MR) is 82.0 cm³/mol. The van der Waals surface area contributed by atoms with E-state index in [4.69, 9.17) is 5.73 Å². The van der Waals surface area contributed by atoms with Crippen LogP contribution in [0.3, 0.4) is 0 Å². The first-order valence-electron chi connectivity index (χ1n) is 7.18. The van der Waals surface area contributed by atoms with Crippen molar-refractivity contribution in [2.45, 2.75) is 25.8 Å². The second-order valence-electron chi connectivity index (χ2n) is 5.48. The molecule has 0 bridgehead atoms. The Labute approximate surface area is 124 Å². The molecule has 6 nitrogen and oxygen atoms in total. The summed E-state index contributed by atoms with van der Waals surface area (Å²) in [5.74, 6) is -0.307. The molecule has 6 heteroatoms. The maximum Gasteiger partial charge on any atom is 0.319 e. The minimum atomic E-state index is -0.307. The van der Waals surface area contributed by atoms with Gasteiger partial charge in [-0.25, -0.2) is 4.79 Å². The predicted octanol–water partition coefficient (Wildman–Crippen LogP) is 1.07. The van der Waals surface area contributed by atoms with Crippen molar-refractivity contribution >= 4 is 17.6 Å². The highest BCUT2D eigenvalue weighted by Gasteiger charge is 2.21. The van der Waals surface area contributed by atoms with E-state index in [2.05, 4.69) is 10.6 Å². The van der Waals surface area contributed by atoms with Crippen molar-refractivity contribution in [1.82, 2.24) is 10.2 Å². The van der Waals surface area contributed by atoms with Gasteiger partial charge in [0.25, 0.3) is 0 Å². The molecule has 3 amide bonds. The number of hydrogen-bond donors (Lipinski definition) is 3. The molecule has 1 saturated heterocycles. The van der Waals surface area contributed by atoms with E-state index < -0.39 is 0 Å². The van der Waals surface area contributed by atoms with Gasteiger partial charge in [-0.15, -0.1) is 0 Å². The largest absolute Gasteiger partial charge is 0.369 e. The third-order valence-corrected chi connectivity index (χ3v) is 3.61.